The van der Waals surface area contributed by atoms with Crippen LogP contribution < -0.4 is 16.8 Å². The van der Waals surface area contributed by atoms with E-state index in [1.54, 1.807) is 11.8 Å². The number of aromatic nitrogens is 1. The number of amides is 1. The van der Waals surface area contributed by atoms with Crippen LogP contribution in [0.5, 0.6) is 0 Å². The van der Waals surface area contributed by atoms with Gasteiger partial charge >= 0.3 is 0 Å². The number of amidine groups is 1. The molecule has 6 nitrogen and oxygen atoms in total. The molecule has 5 N–H and O–H groups in total. The second-order valence-electron chi connectivity index (χ2n) is 5.95. The number of carbonyl (C=O) groups excluding carboxylic acids is 1. The minimum atomic E-state index is -0.395. The molecule has 0 spiro atoms. The molecule has 2 heterocycles. The molecule has 3 rings (SSSR count). The van der Waals surface area contributed by atoms with E-state index in [0.717, 1.165) is 17.7 Å². The predicted molar refractivity (Wildman–Crippen MR) is 104 cm³/mol. The lowest BCUT2D eigenvalue weighted by atomic mass is 9.89. The Bertz CT molecular complexity index is 857. The topological polar surface area (TPSA) is 106 Å². The molecule has 0 saturated heterocycles. The van der Waals surface area contributed by atoms with Gasteiger partial charge in [-0.3, -0.25) is 9.79 Å². The van der Waals surface area contributed by atoms with Crippen LogP contribution in [0.25, 0.3) is 0 Å². The third kappa shape index (κ3) is 3.88. The highest BCUT2D eigenvalue weighted by atomic mass is 35.5. The van der Waals surface area contributed by atoms with Gasteiger partial charge in [-0.05, 0) is 37.1 Å². The number of pyridine rings is 1. The fourth-order valence-electron chi connectivity index (χ4n) is 2.66. The van der Waals surface area contributed by atoms with E-state index in [2.05, 4.69) is 15.3 Å². The number of nitrogens with one attached hydrogen (secondary N) is 1. The summed E-state index contributed by atoms with van der Waals surface area (Å²) in [6.07, 6.45) is 2.27. The van der Waals surface area contributed by atoms with E-state index >= 15 is 0 Å². The largest absolute Gasteiger partial charge is 0.397 e. The van der Waals surface area contributed by atoms with Crippen molar-refractivity contribution in [1.82, 2.24) is 4.98 Å². The summed E-state index contributed by atoms with van der Waals surface area (Å²) in [5.41, 5.74) is 13.3. The summed E-state index contributed by atoms with van der Waals surface area (Å²) < 4.78 is 0. The number of nitrogen functional groups attached to an aromatic ring is 1. The van der Waals surface area contributed by atoms with Crippen molar-refractivity contribution < 1.29 is 4.79 Å². The molecule has 0 bridgehead atoms. The van der Waals surface area contributed by atoms with E-state index in [0.29, 0.717) is 15.9 Å². The Kier molecular flexibility index (Phi) is 4.87. The molecule has 0 aliphatic carbocycles. The summed E-state index contributed by atoms with van der Waals surface area (Å²) in [5.74, 6) is 0.520. The number of hydrogen-bond donors (Lipinski definition) is 3. The SMILES string of the molecule is CC1(c2cccc(NC(=O)c3ncc(Cl)cc3N)c2)CCSC(N)=N1. The van der Waals surface area contributed by atoms with Crippen LogP contribution in [-0.2, 0) is 5.54 Å². The molecule has 2 aromatic rings. The lowest BCUT2D eigenvalue weighted by Crippen LogP contribution is -2.28. The van der Waals surface area contributed by atoms with Crippen LogP contribution in [0.3, 0.4) is 0 Å². The van der Waals surface area contributed by atoms with Gasteiger partial charge in [0.2, 0.25) is 0 Å². The lowest BCUT2D eigenvalue weighted by molar-refractivity contribution is 0.102. The molecule has 8 heteroatoms. The number of hydrogen-bond acceptors (Lipinski definition) is 6. The Morgan fingerprint density at radius 1 is 1.36 bits per heavy atom. The molecule has 0 saturated carbocycles. The molecule has 1 aromatic carbocycles. The van der Waals surface area contributed by atoms with Gasteiger partial charge < -0.3 is 16.8 Å². The number of aliphatic imine (C=N–C) groups is 1. The number of carbonyl (C=O) groups is 1. The number of halogens is 1. The zero-order valence-corrected chi connectivity index (χ0v) is 15.2. The molecule has 130 valence electrons. The quantitative estimate of drug-likeness (QED) is 0.763. The molecule has 0 fully saturated rings. The van der Waals surface area contributed by atoms with Crippen molar-refractivity contribution in [2.75, 3.05) is 16.8 Å². The van der Waals surface area contributed by atoms with Crippen molar-refractivity contribution in [2.24, 2.45) is 10.7 Å². The molecule has 1 aliphatic rings. The van der Waals surface area contributed by atoms with Gasteiger partial charge in [-0.15, -0.1) is 0 Å². The van der Waals surface area contributed by atoms with Crippen LogP contribution in [0.4, 0.5) is 11.4 Å². The Morgan fingerprint density at radius 3 is 2.88 bits per heavy atom. The Morgan fingerprint density at radius 2 is 2.16 bits per heavy atom. The highest BCUT2D eigenvalue weighted by Gasteiger charge is 2.29. The normalized spacial score (nSPS) is 20.0. The minimum Gasteiger partial charge on any atom is -0.397 e. The van der Waals surface area contributed by atoms with Gasteiger partial charge in [0.1, 0.15) is 0 Å². The second kappa shape index (κ2) is 6.93. The number of rotatable bonds is 3. The number of benzene rings is 1. The van der Waals surface area contributed by atoms with E-state index in [1.807, 2.05) is 31.2 Å². The minimum absolute atomic E-state index is 0.136. The fraction of sp³-hybridized carbons (Fsp3) is 0.235. The maximum Gasteiger partial charge on any atom is 0.276 e. The summed E-state index contributed by atoms with van der Waals surface area (Å²) in [6.45, 7) is 2.04. The Hall–Kier alpha value is -2.25. The van der Waals surface area contributed by atoms with Crippen molar-refractivity contribution in [2.45, 2.75) is 18.9 Å². The van der Waals surface area contributed by atoms with Crippen molar-refractivity contribution in [3.63, 3.8) is 0 Å². The molecular formula is C17H18ClN5OS. The van der Waals surface area contributed by atoms with Gasteiger partial charge in [-0.1, -0.05) is 35.5 Å². The Labute approximate surface area is 155 Å². The van der Waals surface area contributed by atoms with Crippen LogP contribution in [0.15, 0.2) is 41.5 Å². The standard InChI is InChI=1S/C17H18ClN5OS/c1-17(5-6-25-16(20)23-17)10-3-2-4-12(7-10)22-15(24)14-13(19)8-11(18)9-21-14/h2-4,7-9H,5-6,19H2,1H3,(H2,20,23)(H,22,24). The van der Waals surface area contributed by atoms with Crippen LogP contribution in [0, 0.1) is 0 Å². The third-order valence-corrected chi connectivity index (χ3v) is 5.04. The van der Waals surface area contributed by atoms with Crippen molar-refractivity contribution >= 4 is 45.8 Å². The summed E-state index contributed by atoms with van der Waals surface area (Å²) in [4.78, 5) is 21.0. The van der Waals surface area contributed by atoms with Crippen molar-refractivity contribution in [3.8, 4) is 0 Å². The molecule has 1 atom stereocenters. The molecule has 1 amide bonds. The number of nitrogens with zero attached hydrogens (tertiary/aromatic N) is 2. The van der Waals surface area contributed by atoms with Gasteiger partial charge in [0.05, 0.1) is 16.2 Å². The highest BCUT2D eigenvalue weighted by Crippen LogP contribution is 2.35. The predicted octanol–water partition coefficient (Wildman–Crippen LogP) is 3.24. The van der Waals surface area contributed by atoms with Gasteiger partial charge in [-0.2, -0.15) is 0 Å². The first kappa shape index (κ1) is 17.6. The van der Waals surface area contributed by atoms with E-state index < -0.39 is 11.4 Å². The first-order valence-electron chi connectivity index (χ1n) is 7.68. The highest BCUT2D eigenvalue weighted by molar-refractivity contribution is 8.13. The average Bonchev–Trinajstić information content (AvgIpc) is 2.54. The molecule has 1 unspecified atom stereocenters. The van der Waals surface area contributed by atoms with Crippen LogP contribution in [0.2, 0.25) is 5.02 Å². The maximum absolute atomic E-state index is 12.4. The molecular weight excluding hydrogens is 358 g/mol. The van der Waals surface area contributed by atoms with E-state index in [9.17, 15) is 4.79 Å². The molecule has 0 radical (unpaired) electrons. The van der Waals surface area contributed by atoms with Crippen LogP contribution in [-0.4, -0.2) is 21.8 Å². The Balaban J connectivity index is 1.85. The smallest absolute Gasteiger partial charge is 0.276 e. The molecule has 1 aromatic heterocycles. The maximum atomic E-state index is 12.4. The van der Waals surface area contributed by atoms with Crippen molar-refractivity contribution in [3.05, 3.63) is 52.8 Å². The number of nitrogens with two attached hydrogens (primary N) is 2. The third-order valence-electron chi connectivity index (χ3n) is 4.04. The first-order chi connectivity index (χ1) is 11.9. The molecule has 1 aliphatic heterocycles. The second-order valence-corrected chi connectivity index (χ2v) is 7.50. The average molecular weight is 376 g/mol. The first-order valence-corrected chi connectivity index (χ1v) is 9.05. The zero-order valence-electron chi connectivity index (χ0n) is 13.6. The fourth-order valence-corrected chi connectivity index (χ4v) is 3.80. The summed E-state index contributed by atoms with van der Waals surface area (Å²) >= 11 is 7.37. The van der Waals surface area contributed by atoms with E-state index in [4.69, 9.17) is 23.1 Å². The summed E-state index contributed by atoms with van der Waals surface area (Å²) in [6, 6.07) is 9.07. The van der Waals surface area contributed by atoms with Crippen molar-refractivity contribution in [1.29, 1.82) is 0 Å². The number of thioether (sulfide) groups is 1. The van der Waals surface area contributed by atoms with Crippen LogP contribution >= 0.6 is 23.4 Å². The van der Waals surface area contributed by atoms with E-state index in [-0.39, 0.29) is 11.4 Å². The zero-order chi connectivity index (χ0) is 18.0. The number of anilines is 2. The summed E-state index contributed by atoms with van der Waals surface area (Å²) in [7, 11) is 0. The van der Waals surface area contributed by atoms with Gasteiger partial charge in [0.15, 0.2) is 10.9 Å². The lowest BCUT2D eigenvalue weighted by Gasteiger charge is -2.30. The van der Waals surface area contributed by atoms with E-state index in [1.165, 1.54) is 12.3 Å². The summed E-state index contributed by atoms with van der Waals surface area (Å²) in [5, 5.41) is 3.79. The van der Waals surface area contributed by atoms with Crippen LogP contribution in [0.1, 0.15) is 29.4 Å². The van der Waals surface area contributed by atoms with Gasteiger partial charge in [-0.25, -0.2) is 4.98 Å². The molecule has 25 heavy (non-hydrogen) atoms. The monoisotopic (exact) mass is 375 g/mol. The van der Waals surface area contributed by atoms with Gasteiger partial charge in [0.25, 0.3) is 5.91 Å². The van der Waals surface area contributed by atoms with Gasteiger partial charge in [0, 0.05) is 17.6 Å².